The number of likely N-dealkylation sites (N-methyl/N-ethyl adjacent to an activating group) is 1. The number of hydrogen-bond donors (Lipinski definition) is 2. The van der Waals surface area contributed by atoms with Crippen molar-refractivity contribution in [2.75, 3.05) is 66.0 Å². The van der Waals surface area contributed by atoms with E-state index in [-0.39, 0.29) is 24.0 Å². The molecule has 0 aromatic heterocycles. The summed E-state index contributed by atoms with van der Waals surface area (Å²) in [5.41, 5.74) is 0. The maximum absolute atomic E-state index is 4.82. The van der Waals surface area contributed by atoms with E-state index >= 15 is 0 Å². The summed E-state index contributed by atoms with van der Waals surface area (Å²) in [4.78, 5) is 12.3. The lowest BCUT2D eigenvalue weighted by molar-refractivity contribution is 0.140. The van der Waals surface area contributed by atoms with E-state index in [0.717, 1.165) is 38.7 Å². The topological polar surface area (TPSA) is 46.1 Å². The van der Waals surface area contributed by atoms with Crippen LogP contribution in [0.25, 0.3) is 0 Å². The largest absolute Gasteiger partial charge is 0.357 e. The molecule has 1 unspecified atom stereocenters. The molecule has 0 radical (unpaired) electrons. The first-order valence-electron chi connectivity index (χ1n) is 10.5. The SMILES string of the molecule is CCNC(=NCC(C)CN1CCN(C)CC1)NCCN(C(C)C)C(C)C.I. The summed E-state index contributed by atoms with van der Waals surface area (Å²) in [6.45, 7) is 23.1. The Bertz CT molecular complexity index is 386. The molecule has 0 aliphatic carbocycles. The molecular weight excluding hydrogens is 451 g/mol. The van der Waals surface area contributed by atoms with Gasteiger partial charge in [0.1, 0.15) is 0 Å². The summed E-state index contributed by atoms with van der Waals surface area (Å²) in [5.74, 6) is 1.53. The Morgan fingerprint density at radius 1 is 1.00 bits per heavy atom. The van der Waals surface area contributed by atoms with Gasteiger partial charge in [0.2, 0.25) is 0 Å². The van der Waals surface area contributed by atoms with Crippen molar-refractivity contribution in [3.8, 4) is 0 Å². The molecule has 6 nitrogen and oxygen atoms in total. The van der Waals surface area contributed by atoms with Gasteiger partial charge < -0.3 is 20.4 Å². The molecule has 0 aromatic rings. The third kappa shape index (κ3) is 11.5. The molecule has 1 atom stereocenters. The third-order valence-electron chi connectivity index (χ3n) is 5.06. The first-order valence-corrected chi connectivity index (χ1v) is 10.5. The van der Waals surface area contributed by atoms with E-state index in [0.29, 0.717) is 18.0 Å². The fourth-order valence-corrected chi connectivity index (χ4v) is 3.53. The van der Waals surface area contributed by atoms with Crippen LogP contribution in [0.5, 0.6) is 0 Å². The van der Waals surface area contributed by atoms with Crippen LogP contribution in [0.3, 0.4) is 0 Å². The number of piperazine rings is 1. The molecule has 2 N–H and O–H groups in total. The number of nitrogens with zero attached hydrogens (tertiary/aromatic N) is 4. The minimum atomic E-state index is 0. The Kier molecular flexibility index (Phi) is 14.8. The Balaban J connectivity index is 0.00000676. The second kappa shape index (κ2) is 14.8. The van der Waals surface area contributed by atoms with E-state index in [1.807, 2.05) is 0 Å². The standard InChI is InChI=1S/C20H44N6.HI/c1-8-21-20(22-9-10-26(17(2)3)18(4)5)23-15-19(6)16-25-13-11-24(7)12-14-25;/h17-19H,8-16H2,1-7H3,(H2,21,22,23);1H. The summed E-state index contributed by atoms with van der Waals surface area (Å²) < 4.78 is 0. The number of nitrogens with one attached hydrogen (secondary N) is 2. The average Bonchev–Trinajstić information content (AvgIpc) is 2.57. The summed E-state index contributed by atoms with van der Waals surface area (Å²) in [6, 6.07) is 1.14. The zero-order chi connectivity index (χ0) is 19.5. The normalized spacial score (nSPS) is 18.1. The van der Waals surface area contributed by atoms with Gasteiger partial charge >= 0.3 is 0 Å². The van der Waals surface area contributed by atoms with E-state index in [1.54, 1.807) is 0 Å². The summed E-state index contributed by atoms with van der Waals surface area (Å²) in [5, 5.41) is 6.88. The molecule has 0 aromatic carbocycles. The summed E-state index contributed by atoms with van der Waals surface area (Å²) in [6.07, 6.45) is 0. The first kappa shape index (κ1) is 26.9. The molecule has 1 aliphatic rings. The van der Waals surface area contributed by atoms with Crippen molar-refractivity contribution in [1.82, 2.24) is 25.3 Å². The zero-order valence-electron chi connectivity index (χ0n) is 18.8. The van der Waals surface area contributed by atoms with Crippen LogP contribution >= 0.6 is 24.0 Å². The van der Waals surface area contributed by atoms with Gasteiger partial charge in [0.05, 0.1) is 0 Å². The van der Waals surface area contributed by atoms with Crippen molar-refractivity contribution in [1.29, 1.82) is 0 Å². The number of hydrogen-bond acceptors (Lipinski definition) is 4. The highest BCUT2D eigenvalue weighted by molar-refractivity contribution is 14.0. The maximum atomic E-state index is 4.82. The van der Waals surface area contributed by atoms with Crippen molar-refractivity contribution in [2.45, 2.75) is 53.6 Å². The summed E-state index contributed by atoms with van der Waals surface area (Å²) >= 11 is 0. The van der Waals surface area contributed by atoms with Crippen LogP contribution in [0.2, 0.25) is 0 Å². The Morgan fingerprint density at radius 2 is 1.59 bits per heavy atom. The lowest BCUT2D eigenvalue weighted by Crippen LogP contribution is -2.46. The van der Waals surface area contributed by atoms with Gasteiger partial charge in [0, 0.05) is 71.0 Å². The minimum absolute atomic E-state index is 0. The molecule has 162 valence electrons. The van der Waals surface area contributed by atoms with Gasteiger partial charge in [-0.3, -0.25) is 9.89 Å². The van der Waals surface area contributed by atoms with Crippen LogP contribution in [-0.4, -0.2) is 98.7 Å². The Morgan fingerprint density at radius 3 is 2.11 bits per heavy atom. The van der Waals surface area contributed by atoms with E-state index < -0.39 is 0 Å². The molecule has 1 fully saturated rings. The predicted octanol–water partition coefficient (Wildman–Crippen LogP) is 2.16. The average molecular weight is 497 g/mol. The predicted molar refractivity (Wildman–Crippen MR) is 129 cm³/mol. The van der Waals surface area contributed by atoms with Gasteiger partial charge in [0.25, 0.3) is 0 Å². The van der Waals surface area contributed by atoms with Crippen LogP contribution < -0.4 is 10.6 Å². The van der Waals surface area contributed by atoms with Crippen molar-refractivity contribution in [2.24, 2.45) is 10.9 Å². The number of aliphatic imine (C=N–C) groups is 1. The quantitative estimate of drug-likeness (QED) is 0.276. The maximum Gasteiger partial charge on any atom is 0.191 e. The minimum Gasteiger partial charge on any atom is -0.357 e. The molecule has 0 bridgehead atoms. The second-order valence-electron chi connectivity index (χ2n) is 8.28. The highest BCUT2D eigenvalue weighted by Gasteiger charge is 2.16. The molecule has 27 heavy (non-hydrogen) atoms. The van der Waals surface area contributed by atoms with Crippen LogP contribution in [0.4, 0.5) is 0 Å². The van der Waals surface area contributed by atoms with E-state index in [9.17, 15) is 0 Å². The van der Waals surface area contributed by atoms with E-state index in [1.165, 1.54) is 26.2 Å². The highest BCUT2D eigenvalue weighted by atomic mass is 127. The van der Waals surface area contributed by atoms with Gasteiger partial charge in [-0.2, -0.15) is 0 Å². The van der Waals surface area contributed by atoms with Crippen LogP contribution in [0.15, 0.2) is 4.99 Å². The van der Waals surface area contributed by atoms with E-state index in [4.69, 9.17) is 4.99 Å². The lowest BCUT2D eigenvalue weighted by atomic mass is 10.1. The van der Waals surface area contributed by atoms with Gasteiger partial charge in [0.15, 0.2) is 5.96 Å². The molecular formula is C20H45IN6. The van der Waals surface area contributed by atoms with Crippen molar-refractivity contribution >= 4 is 29.9 Å². The molecule has 1 heterocycles. The smallest absolute Gasteiger partial charge is 0.191 e. The zero-order valence-corrected chi connectivity index (χ0v) is 21.1. The van der Waals surface area contributed by atoms with Gasteiger partial charge in [-0.05, 0) is 47.6 Å². The molecule has 1 rings (SSSR count). The molecule has 0 amide bonds. The number of rotatable bonds is 10. The van der Waals surface area contributed by atoms with E-state index in [2.05, 4.69) is 73.9 Å². The van der Waals surface area contributed by atoms with Crippen LogP contribution in [-0.2, 0) is 0 Å². The Hall–Kier alpha value is -0.120. The fraction of sp³-hybridized carbons (Fsp3) is 0.950. The van der Waals surface area contributed by atoms with Gasteiger partial charge in [-0.1, -0.05) is 6.92 Å². The number of halogens is 1. The molecule has 0 spiro atoms. The number of guanidine groups is 1. The van der Waals surface area contributed by atoms with Crippen molar-refractivity contribution in [3.63, 3.8) is 0 Å². The van der Waals surface area contributed by atoms with Crippen LogP contribution in [0, 0.1) is 5.92 Å². The highest BCUT2D eigenvalue weighted by Crippen LogP contribution is 2.05. The molecule has 1 saturated heterocycles. The lowest BCUT2D eigenvalue weighted by Gasteiger charge is -2.33. The second-order valence-corrected chi connectivity index (χ2v) is 8.28. The van der Waals surface area contributed by atoms with Crippen LogP contribution in [0.1, 0.15) is 41.5 Å². The first-order chi connectivity index (χ1) is 12.3. The van der Waals surface area contributed by atoms with Gasteiger partial charge in [-0.15, -0.1) is 24.0 Å². The molecule has 0 saturated carbocycles. The third-order valence-corrected chi connectivity index (χ3v) is 5.06. The fourth-order valence-electron chi connectivity index (χ4n) is 3.53. The monoisotopic (exact) mass is 496 g/mol. The molecule has 1 aliphatic heterocycles. The van der Waals surface area contributed by atoms with Crippen molar-refractivity contribution in [3.05, 3.63) is 0 Å². The van der Waals surface area contributed by atoms with Gasteiger partial charge in [-0.25, -0.2) is 0 Å². The summed E-state index contributed by atoms with van der Waals surface area (Å²) in [7, 11) is 2.21. The Labute approximate surface area is 185 Å². The molecule has 7 heteroatoms. The van der Waals surface area contributed by atoms with Crippen molar-refractivity contribution < 1.29 is 0 Å².